The molecule has 33 heavy (non-hydrogen) atoms. The Bertz CT molecular complexity index is 671. The first kappa shape index (κ1) is 29.5. The summed E-state index contributed by atoms with van der Waals surface area (Å²) in [7, 11) is 0. The van der Waals surface area contributed by atoms with Gasteiger partial charge >= 0.3 is 5.97 Å². The van der Waals surface area contributed by atoms with Crippen LogP contribution < -0.4 is 0 Å². The van der Waals surface area contributed by atoms with Crippen LogP contribution in [0.1, 0.15) is 155 Å². The van der Waals surface area contributed by atoms with Crippen LogP contribution in [0.4, 0.5) is 0 Å². The van der Waals surface area contributed by atoms with Gasteiger partial charge in [-0.05, 0) is 52.5 Å². The molecule has 1 rings (SSSR count). The van der Waals surface area contributed by atoms with Crippen LogP contribution in [0.3, 0.4) is 0 Å². The lowest BCUT2D eigenvalue weighted by molar-refractivity contribution is -0.147. The minimum absolute atomic E-state index is 0.197. The molecule has 0 aliphatic carbocycles. The number of phenolic OH excluding ortho intramolecular Hbond substituents is 1. The third kappa shape index (κ3) is 11.0. The van der Waals surface area contributed by atoms with E-state index in [1.54, 1.807) is 0 Å². The molecule has 0 bridgehead atoms. The molecule has 0 heterocycles. The average Bonchev–Trinajstić information content (AvgIpc) is 2.69. The summed E-state index contributed by atoms with van der Waals surface area (Å²) in [4.78, 5) is 11.9. The molecule has 3 heteroatoms. The number of hydrogen-bond donors (Lipinski definition) is 1. The van der Waals surface area contributed by atoms with E-state index in [0.717, 1.165) is 29.5 Å². The van der Waals surface area contributed by atoms with E-state index in [2.05, 4.69) is 60.6 Å². The van der Waals surface area contributed by atoms with Gasteiger partial charge in [-0.1, -0.05) is 113 Å². The molecule has 190 valence electrons. The molecule has 1 atom stereocenters. The van der Waals surface area contributed by atoms with E-state index in [-0.39, 0.29) is 22.9 Å². The van der Waals surface area contributed by atoms with Crippen molar-refractivity contribution in [3.05, 3.63) is 28.8 Å². The second-order valence-corrected chi connectivity index (χ2v) is 11.9. The standard InChI is InChI=1S/C30H52O3/c1-9-10-11-12-13-14-15-16-17-18-19-20-27(33-23(2)31)24-21-25(29(3,4)5)28(32)26(22-24)30(6,7)8/h21-22,27,32H,9-20H2,1-8H3. The summed E-state index contributed by atoms with van der Waals surface area (Å²) in [6.07, 6.45) is 14.9. The number of esters is 1. The molecule has 0 aliphatic heterocycles. The zero-order valence-electron chi connectivity index (χ0n) is 23.0. The molecule has 1 aromatic carbocycles. The summed E-state index contributed by atoms with van der Waals surface area (Å²) in [6, 6.07) is 4.10. The highest BCUT2D eigenvalue weighted by molar-refractivity contribution is 5.66. The molecule has 0 aromatic heterocycles. The third-order valence-corrected chi connectivity index (χ3v) is 6.50. The Morgan fingerprint density at radius 3 is 1.55 bits per heavy atom. The van der Waals surface area contributed by atoms with Gasteiger partial charge in [-0.2, -0.15) is 0 Å². The van der Waals surface area contributed by atoms with Crippen molar-refractivity contribution in [1.29, 1.82) is 0 Å². The van der Waals surface area contributed by atoms with Gasteiger partial charge in [0.2, 0.25) is 0 Å². The Labute approximate surface area is 204 Å². The van der Waals surface area contributed by atoms with Gasteiger partial charge < -0.3 is 9.84 Å². The Kier molecular flexibility index (Phi) is 12.5. The van der Waals surface area contributed by atoms with Crippen molar-refractivity contribution in [3.63, 3.8) is 0 Å². The van der Waals surface area contributed by atoms with Crippen LogP contribution in [-0.2, 0) is 20.4 Å². The first-order chi connectivity index (χ1) is 15.4. The van der Waals surface area contributed by atoms with E-state index in [1.165, 1.54) is 71.1 Å². The number of carbonyl (C=O) groups is 1. The normalized spacial score (nSPS) is 13.2. The highest BCUT2D eigenvalue weighted by atomic mass is 16.5. The van der Waals surface area contributed by atoms with Gasteiger partial charge in [0.15, 0.2) is 0 Å². The molecule has 0 saturated heterocycles. The second kappa shape index (κ2) is 14.0. The molecule has 0 spiro atoms. The molecule has 3 nitrogen and oxygen atoms in total. The lowest BCUT2D eigenvalue weighted by atomic mass is 9.77. The van der Waals surface area contributed by atoms with Crippen molar-refractivity contribution >= 4 is 5.97 Å². The number of hydrogen-bond acceptors (Lipinski definition) is 3. The summed E-state index contributed by atoms with van der Waals surface area (Å²) in [6.45, 7) is 16.4. The van der Waals surface area contributed by atoms with Crippen LogP contribution in [0.15, 0.2) is 12.1 Å². The van der Waals surface area contributed by atoms with Crippen molar-refractivity contribution in [2.24, 2.45) is 0 Å². The van der Waals surface area contributed by atoms with Crippen molar-refractivity contribution in [3.8, 4) is 5.75 Å². The highest BCUT2D eigenvalue weighted by Crippen LogP contribution is 2.42. The minimum atomic E-state index is -0.260. The van der Waals surface area contributed by atoms with Crippen LogP contribution in [0.25, 0.3) is 0 Å². The molecular formula is C30H52O3. The molecule has 0 amide bonds. The van der Waals surface area contributed by atoms with E-state index in [0.29, 0.717) is 5.75 Å². The summed E-state index contributed by atoms with van der Waals surface area (Å²) in [5.41, 5.74) is 2.45. The predicted molar refractivity (Wildman–Crippen MR) is 141 cm³/mol. The summed E-state index contributed by atoms with van der Waals surface area (Å²) >= 11 is 0. The monoisotopic (exact) mass is 460 g/mol. The largest absolute Gasteiger partial charge is 0.507 e. The maximum absolute atomic E-state index is 11.9. The highest BCUT2D eigenvalue weighted by Gasteiger charge is 2.28. The van der Waals surface area contributed by atoms with Crippen LogP contribution >= 0.6 is 0 Å². The second-order valence-electron chi connectivity index (χ2n) is 11.9. The summed E-state index contributed by atoms with van der Waals surface area (Å²) < 4.78 is 5.78. The van der Waals surface area contributed by atoms with E-state index >= 15 is 0 Å². The van der Waals surface area contributed by atoms with E-state index in [4.69, 9.17) is 4.74 Å². The molecule has 0 radical (unpaired) electrons. The van der Waals surface area contributed by atoms with E-state index in [9.17, 15) is 9.90 Å². The van der Waals surface area contributed by atoms with Crippen LogP contribution in [0.2, 0.25) is 0 Å². The van der Waals surface area contributed by atoms with Crippen LogP contribution in [0, 0.1) is 0 Å². The quantitative estimate of drug-likeness (QED) is 0.222. The smallest absolute Gasteiger partial charge is 0.303 e. The molecule has 0 saturated carbocycles. The van der Waals surface area contributed by atoms with Crippen molar-refractivity contribution in [1.82, 2.24) is 0 Å². The number of aromatic hydroxyl groups is 1. The van der Waals surface area contributed by atoms with E-state index in [1.807, 2.05) is 0 Å². The lowest BCUT2D eigenvalue weighted by Gasteiger charge is -2.30. The van der Waals surface area contributed by atoms with Crippen molar-refractivity contribution in [2.45, 2.75) is 149 Å². The Morgan fingerprint density at radius 2 is 1.18 bits per heavy atom. The number of rotatable bonds is 14. The SMILES string of the molecule is CCCCCCCCCCCCCC(OC(C)=O)c1cc(C(C)(C)C)c(O)c(C(C)(C)C)c1. The van der Waals surface area contributed by atoms with Crippen molar-refractivity contribution in [2.75, 3.05) is 0 Å². The fourth-order valence-electron chi connectivity index (χ4n) is 4.47. The maximum Gasteiger partial charge on any atom is 0.303 e. The van der Waals surface area contributed by atoms with Gasteiger partial charge in [0, 0.05) is 6.92 Å². The van der Waals surface area contributed by atoms with Gasteiger partial charge in [-0.25, -0.2) is 0 Å². The van der Waals surface area contributed by atoms with Gasteiger partial charge in [0.25, 0.3) is 0 Å². The Morgan fingerprint density at radius 1 is 0.788 bits per heavy atom. The fraction of sp³-hybridized carbons (Fsp3) is 0.767. The topological polar surface area (TPSA) is 46.5 Å². The molecule has 1 unspecified atom stereocenters. The number of unbranched alkanes of at least 4 members (excludes halogenated alkanes) is 10. The zero-order chi connectivity index (χ0) is 25.1. The lowest BCUT2D eigenvalue weighted by Crippen LogP contribution is -2.19. The third-order valence-electron chi connectivity index (χ3n) is 6.50. The zero-order valence-corrected chi connectivity index (χ0v) is 23.0. The van der Waals surface area contributed by atoms with Gasteiger partial charge in [-0.15, -0.1) is 0 Å². The first-order valence-corrected chi connectivity index (χ1v) is 13.4. The number of carbonyl (C=O) groups excluding carboxylic acids is 1. The van der Waals surface area contributed by atoms with Crippen LogP contribution in [0.5, 0.6) is 5.75 Å². The summed E-state index contributed by atoms with van der Waals surface area (Å²) in [5.74, 6) is 0.126. The molecular weight excluding hydrogens is 408 g/mol. The molecule has 1 N–H and O–H groups in total. The minimum Gasteiger partial charge on any atom is -0.507 e. The van der Waals surface area contributed by atoms with Gasteiger partial charge in [-0.3, -0.25) is 4.79 Å². The number of benzene rings is 1. The Balaban J connectivity index is 2.76. The van der Waals surface area contributed by atoms with Gasteiger partial charge in [0.1, 0.15) is 11.9 Å². The van der Waals surface area contributed by atoms with Crippen LogP contribution in [-0.4, -0.2) is 11.1 Å². The molecule has 1 aromatic rings. The molecule has 0 fully saturated rings. The number of phenols is 1. The number of ether oxygens (including phenoxy) is 1. The predicted octanol–water partition coefficient (Wildman–Crippen LogP) is 9.29. The van der Waals surface area contributed by atoms with Gasteiger partial charge in [0.05, 0.1) is 0 Å². The maximum atomic E-state index is 11.9. The van der Waals surface area contributed by atoms with E-state index < -0.39 is 0 Å². The average molecular weight is 461 g/mol. The molecule has 0 aliphatic rings. The first-order valence-electron chi connectivity index (χ1n) is 13.4. The fourth-order valence-corrected chi connectivity index (χ4v) is 4.47. The summed E-state index contributed by atoms with van der Waals surface area (Å²) in [5, 5.41) is 11.0. The Hall–Kier alpha value is -1.51. The van der Waals surface area contributed by atoms with Crippen molar-refractivity contribution < 1.29 is 14.6 Å².